The van der Waals surface area contributed by atoms with Gasteiger partial charge in [0.15, 0.2) is 0 Å². The highest BCUT2D eigenvalue weighted by Gasteiger charge is 2.30. The molecule has 4 aromatic rings. The summed E-state index contributed by atoms with van der Waals surface area (Å²) in [5, 5.41) is 11.0. The first-order valence-electron chi connectivity index (χ1n) is 12.2. The van der Waals surface area contributed by atoms with Crippen LogP contribution in [0.5, 0.6) is 0 Å². The molecule has 0 saturated carbocycles. The number of aromatic amines is 1. The zero-order chi connectivity index (χ0) is 29.1. The normalized spacial score (nSPS) is 13.4. The Bertz CT molecular complexity index is 1690. The molecule has 0 atom stereocenters. The number of alkyl halides is 3. The highest BCUT2D eigenvalue weighted by molar-refractivity contribution is 6.35. The van der Waals surface area contributed by atoms with Gasteiger partial charge in [-0.15, -0.1) is 0 Å². The molecule has 5 rings (SSSR count). The van der Waals surface area contributed by atoms with E-state index in [0.29, 0.717) is 45.1 Å². The van der Waals surface area contributed by atoms with E-state index < -0.39 is 23.7 Å². The Morgan fingerprint density at radius 2 is 1.56 bits per heavy atom. The quantitative estimate of drug-likeness (QED) is 0.132. The number of carbonyl (C=O) groups excluding carboxylic acids is 3. The highest BCUT2D eigenvalue weighted by Crippen LogP contribution is 2.36. The second-order valence-corrected chi connectivity index (χ2v) is 8.97. The average molecular weight is 562 g/mol. The minimum Gasteiger partial charge on any atom is -0.465 e. The first-order chi connectivity index (χ1) is 19.6. The molecular formula is C29H22F3N5O4. The molecule has 1 aliphatic rings. The monoisotopic (exact) mass is 561 g/mol. The van der Waals surface area contributed by atoms with Gasteiger partial charge in [0.25, 0.3) is 5.91 Å². The van der Waals surface area contributed by atoms with Gasteiger partial charge in [-0.3, -0.25) is 4.79 Å². The van der Waals surface area contributed by atoms with Gasteiger partial charge in [-0.25, -0.2) is 9.59 Å². The van der Waals surface area contributed by atoms with E-state index >= 15 is 0 Å². The summed E-state index contributed by atoms with van der Waals surface area (Å²) in [5.74, 6) is -0.794. The van der Waals surface area contributed by atoms with Crippen LogP contribution in [0.4, 0.5) is 46.4 Å². The number of fused-ring (bicyclic) bond motifs is 1. The third-order valence-electron chi connectivity index (χ3n) is 6.09. The molecular weight excluding hydrogens is 539 g/mol. The molecule has 208 valence electrons. The molecule has 9 nitrogen and oxygen atoms in total. The van der Waals surface area contributed by atoms with Crippen molar-refractivity contribution in [3.8, 4) is 0 Å². The summed E-state index contributed by atoms with van der Waals surface area (Å²) < 4.78 is 43.5. The van der Waals surface area contributed by atoms with Gasteiger partial charge in [0.1, 0.15) is 0 Å². The van der Waals surface area contributed by atoms with Crippen LogP contribution in [-0.2, 0) is 15.7 Å². The molecule has 0 unspecified atom stereocenters. The molecule has 0 bridgehead atoms. The zero-order valence-corrected chi connectivity index (χ0v) is 21.3. The number of hydrogen-bond donors (Lipinski definition) is 5. The molecule has 0 fully saturated rings. The lowest BCUT2D eigenvalue weighted by molar-refractivity contribution is -0.137. The van der Waals surface area contributed by atoms with Crippen molar-refractivity contribution in [2.75, 3.05) is 28.4 Å². The van der Waals surface area contributed by atoms with Gasteiger partial charge in [-0.1, -0.05) is 18.2 Å². The van der Waals surface area contributed by atoms with Crippen molar-refractivity contribution >= 4 is 58.0 Å². The number of nitrogens with one attached hydrogen (secondary N) is 5. The fourth-order valence-corrected chi connectivity index (χ4v) is 4.21. The Morgan fingerprint density at radius 3 is 2.29 bits per heavy atom. The fourth-order valence-electron chi connectivity index (χ4n) is 4.21. The van der Waals surface area contributed by atoms with Gasteiger partial charge in [0.05, 0.1) is 29.5 Å². The van der Waals surface area contributed by atoms with Crippen molar-refractivity contribution < 1.29 is 32.3 Å². The molecule has 41 heavy (non-hydrogen) atoms. The number of ether oxygens (including phenoxy) is 1. The number of amides is 3. The summed E-state index contributed by atoms with van der Waals surface area (Å²) in [4.78, 5) is 39.7. The van der Waals surface area contributed by atoms with Crippen LogP contribution in [0.15, 0.2) is 79.0 Å². The summed E-state index contributed by atoms with van der Waals surface area (Å²) >= 11 is 0. The Labute approximate surface area is 231 Å². The van der Waals surface area contributed by atoms with Gasteiger partial charge in [-0.05, 0) is 60.7 Å². The van der Waals surface area contributed by atoms with E-state index in [0.717, 1.165) is 12.1 Å². The Balaban J connectivity index is 1.26. The topological polar surface area (TPSA) is 124 Å². The summed E-state index contributed by atoms with van der Waals surface area (Å²) in [5.41, 5.74) is 3.38. The number of hydrogen-bond acceptors (Lipinski definition) is 5. The summed E-state index contributed by atoms with van der Waals surface area (Å²) in [6.45, 7) is 0. The molecule has 12 heteroatoms. The molecule has 3 aromatic carbocycles. The van der Waals surface area contributed by atoms with Crippen molar-refractivity contribution in [2.24, 2.45) is 0 Å². The summed E-state index contributed by atoms with van der Waals surface area (Å²) in [6.07, 6.45) is -1.39. The maximum atomic E-state index is 12.9. The maximum Gasteiger partial charge on any atom is 0.416 e. The van der Waals surface area contributed by atoms with Crippen LogP contribution in [-0.4, -0.2) is 30.0 Å². The van der Waals surface area contributed by atoms with Crippen molar-refractivity contribution in [3.63, 3.8) is 0 Å². The maximum absolute atomic E-state index is 12.9. The van der Waals surface area contributed by atoms with Gasteiger partial charge in [0, 0.05) is 40.2 Å². The number of aromatic nitrogens is 1. The molecule has 5 N–H and O–H groups in total. The van der Waals surface area contributed by atoms with Crippen LogP contribution in [0.1, 0.15) is 27.2 Å². The standard InChI is InChI=1S/C29H22F3N5O4/c1-41-27(39)16-10-22(33-15-16)13-24-23-9-8-21(14-25(23)37-26(24)38)34-19-6-3-7-20(12-19)36-28(40)35-18-5-2-4-17(11-18)29(30,31)32/h2-15,33-34H,1H3,(H,37,38)(H2,35,36,40). The van der Waals surface area contributed by atoms with Crippen LogP contribution in [0.2, 0.25) is 0 Å². The summed E-state index contributed by atoms with van der Waals surface area (Å²) in [7, 11) is 1.29. The second kappa shape index (κ2) is 10.9. The van der Waals surface area contributed by atoms with E-state index in [-0.39, 0.29) is 11.6 Å². The number of carbonyl (C=O) groups is 3. The van der Waals surface area contributed by atoms with Crippen molar-refractivity contribution in [3.05, 3.63) is 101 Å². The van der Waals surface area contributed by atoms with E-state index in [1.165, 1.54) is 25.4 Å². The van der Waals surface area contributed by atoms with Gasteiger partial charge in [0.2, 0.25) is 0 Å². The lowest BCUT2D eigenvalue weighted by Gasteiger charge is -2.12. The second-order valence-electron chi connectivity index (χ2n) is 8.97. The zero-order valence-electron chi connectivity index (χ0n) is 21.3. The van der Waals surface area contributed by atoms with Crippen LogP contribution in [0, 0.1) is 0 Å². The van der Waals surface area contributed by atoms with Crippen LogP contribution >= 0.6 is 0 Å². The molecule has 1 aliphatic heterocycles. The molecule has 0 spiro atoms. The van der Waals surface area contributed by atoms with E-state index in [1.54, 1.807) is 54.6 Å². The third kappa shape index (κ3) is 6.22. The Hall–Kier alpha value is -5.52. The summed E-state index contributed by atoms with van der Waals surface area (Å²) in [6, 6.07) is 17.2. The highest BCUT2D eigenvalue weighted by atomic mass is 19.4. The largest absolute Gasteiger partial charge is 0.465 e. The van der Waals surface area contributed by atoms with Gasteiger partial charge < -0.3 is 31.0 Å². The number of urea groups is 1. The molecule has 0 saturated heterocycles. The molecule has 2 heterocycles. The number of anilines is 5. The SMILES string of the molecule is COC(=O)c1c[nH]c(C=C2C(=O)Nc3cc(Nc4cccc(NC(=O)Nc5cccc(C(F)(F)F)c5)c4)ccc32)c1. The smallest absolute Gasteiger partial charge is 0.416 e. The van der Waals surface area contributed by atoms with Gasteiger partial charge >= 0.3 is 18.2 Å². The predicted molar refractivity (Wildman–Crippen MR) is 149 cm³/mol. The average Bonchev–Trinajstić information content (AvgIpc) is 3.52. The predicted octanol–water partition coefficient (Wildman–Crippen LogP) is 6.70. The van der Waals surface area contributed by atoms with Crippen LogP contribution in [0.25, 0.3) is 11.6 Å². The number of benzene rings is 3. The molecule has 0 aliphatic carbocycles. The van der Waals surface area contributed by atoms with E-state index in [4.69, 9.17) is 4.74 Å². The lowest BCUT2D eigenvalue weighted by atomic mass is 10.1. The number of halogens is 3. The van der Waals surface area contributed by atoms with Crippen LogP contribution < -0.4 is 21.3 Å². The van der Waals surface area contributed by atoms with Gasteiger partial charge in [-0.2, -0.15) is 13.2 Å². The van der Waals surface area contributed by atoms with E-state index in [9.17, 15) is 27.6 Å². The number of methoxy groups -OCH3 is 1. The molecule has 0 radical (unpaired) electrons. The van der Waals surface area contributed by atoms with E-state index in [1.807, 2.05) is 0 Å². The Kier molecular flexibility index (Phi) is 7.21. The number of H-pyrrole nitrogens is 1. The number of esters is 1. The fraction of sp³-hybridized carbons (Fsp3) is 0.0690. The number of rotatable bonds is 6. The van der Waals surface area contributed by atoms with Crippen LogP contribution in [0.3, 0.4) is 0 Å². The minimum atomic E-state index is -4.52. The Morgan fingerprint density at radius 1 is 0.878 bits per heavy atom. The van der Waals surface area contributed by atoms with Crippen molar-refractivity contribution in [2.45, 2.75) is 6.18 Å². The molecule has 1 aromatic heterocycles. The first-order valence-corrected chi connectivity index (χ1v) is 12.2. The minimum absolute atomic E-state index is 0.000355. The van der Waals surface area contributed by atoms with Crippen molar-refractivity contribution in [1.82, 2.24) is 4.98 Å². The lowest BCUT2D eigenvalue weighted by Crippen LogP contribution is -2.19. The van der Waals surface area contributed by atoms with E-state index in [2.05, 4.69) is 26.3 Å². The van der Waals surface area contributed by atoms with Crippen molar-refractivity contribution in [1.29, 1.82) is 0 Å². The first kappa shape index (κ1) is 27.1. The molecule has 3 amide bonds. The third-order valence-corrected chi connectivity index (χ3v) is 6.09.